The molecular weight excluding hydrogens is 230 g/mol. The van der Waals surface area contributed by atoms with Gasteiger partial charge in [-0.15, -0.1) is 11.8 Å². The van der Waals surface area contributed by atoms with Gasteiger partial charge in [0.25, 0.3) is 0 Å². The summed E-state index contributed by atoms with van der Waals surface area (Å²) in [5.74, 6) is -0.279. The van der Waals surface area contributed by atoms with E-state index in [1.807, 2.05) is 0 Å². The molecule has 6 heteroatoms. The highest BCUT2D eigenvalue weighted by Gasteiger charge is 2.21. The van der Waals surface area contributed by atoms with Crippen LogP contribution in [0.15, 0.2) is 0 Å². The Labute approximate surface area is 98.6 Å². The molecule has 0 bridgehead atoms. The number of hydrogen-bond donors (Lipinski definition) is 3. The van der Waals surface area contributed by atoms with Crippen LogP contribution in [0.5, 0.6) is 0 Å². The SMILES string of the molecule is O=C(O)C(O)CCNC(=O)C1CCCCS1. The largest absolute Gasteiger partial charge is 0.479 e. The maximum atomic E-state index is 11.6. The van der Waals surface area contributed by atoms with E-state index in [2.05, 4.69) is 5.32 Å². The first kappa shape index (κ1) is 13.3. The highest BCUT2D eigenvalue weighted by atomic mass is 32.2. The number of carbonyl (C=O) groups excluding carboxylic acids is 1. The lowest BCUT2D eigenvalue weighted by Gasteiger charge is -2.20. The third-order valence-corrected chi connectivity index (χ3v) is 3.85. The van der Waals surface area contributed by atoms with Crippen molar-refractivity contribution in [2.24, 2.45) is 0 Å². The molecule has 0 aliphatic carbocycles. The van der Waals surface area contributed by atoms with Gasteiger partial charge in [0, 0.05) is 13.0 Å². The first-order valence-electron chi connectivity index (χ1n) is 5.41. The van der Waals surface area contributed by atoms with Gasteiger partial charge in [0.1, 0.15) is 0 Å². The molecule has 0 saturated carbocycles. The van der Waals surface area contributed by atoms with Crippen molar-refractivity contribution >= 4 is 23.6 Å². The van der Waals surface area contributed by atoms with Gasteiger partial charge in [0.05, 0.1) is 5.25 Å². The average Bonchev–Trinajstić information content (AvgIpc) is 2.29. The van der Waals surface area contributed by atoms with E-state index in [0.29, 0.717) is 0 Å². The third-order valence-electron chi connectivity index (χ3n) is 2.47. The maximum absolute atomic E-state index is 11.6. The van der Waals surface area contributed by atoms with Crippen molar-refractivity contribution in [1.82, 2.24) is 5.32 Å². The van der Waals surface area contributed by atoms with Crippen LogP contribution in [-0.2, 0) is 9.59 Å². The summed E-state index contributed by atoms with van der Waals surface area (Å²) in [5, 5.41) is 20.1. The molecule has 1 aliphatic rings. The number of carbonyl (C=O) groups is 2. The van der Waals surface area contributed by atoms with Gasteiger partial charge < -0.3 is 15.5 Å². The zero-order chi connectivity index (χ0) is 12.0. The number of carboxylic acid groups (broad SMARTS) is 1. The number of thioether (sulfide) groups is 1. The molecule has 3 N–H and O–H groups in total. The summed E-state index contributed by atoms with van der Waals surface area (Å²) >= 11 is 1.65. The van der Waals surface area contributed by atoms with Crippen LogP contribution in [0.2, 0.25) is 0 Å². The van der Waals surface area contributed by atoms with Gasteiger partial charge in [-0.25, -0.2) is 4.79 Å². The molecule has 1 saturated heterocycles. The van der Waals surface area contributed by atoms with Gasteiger partial charge in [-0.3, -0.25) is 4.79 Å². The number of aliphatic carboxylic acids is 1. The van der Waals surface area contributed by atoms with Crippen molar-refractivity contribution in [2.45, 2.75) is 37.0 Å². The molecule has 0 aromatic rings. The van der Waals surface area contributed by atoms with Crippen LogP contribution in [-0.4, -0.2) is 45.7 Å². The van der Waals surface area contributed by atoms with Crippen LogP contribution in [0, 0.1) is 0 Å². The molecule has 5 nitrogen and oxygen atoms in total. The van der Waals surface area contributed by atoms with E-state index in [0.717, 1.165) is 25.0 Å². The summed E-state index contributed by atoms with van der Waals surface area (Å²) in [7, 11) is 0. The standard InChI is InChI=1S/C10H17NO4S/c12-7(10(14)15)4-5-11-9(13)8-3-1-2-6-16-8/h7-8,12H,1-6H2,(H,11,13)(H,14,15). The van der Waals surface area contributed by atoms with Crippen molar-refractivity contribution in [2.75, 3.05) is 12.3 Å². The number of rotatable bonds is 5. The average molecular weight is 247 g/mol. The molecule has 1 heterocycles. The summed E-state index contributed by atoms with van der Waals surface area (Å²) in [4.78, 5) is 21.9. The van der Waals surface area contributed by atoms with E-state index >= 15 is 0 Å². The van der Waals surface area contributed by atoms with Crippen LogP contribution < -0.4 is 5.32 Å². The molecule has 1 rings (SSSR count). The number of aliphatic hydroxyl groups is 1. The second-order valence-corrected chi connectivity index (χ2v) is 5.10. The summed E-state index contributed by atoms with van der Waals surface area (Å²) < 4.78 is 0. The van der Waals surface area contributed by atoms with E-state index < -0.39 is 12.1 Å². The van der Waals surface area contributed by atoms with E-state index in [9.17, 15) is 9.59 Å². The molecule has 92 valence electrons. The fraction of sp³-hybridized carbons (Fsp3) is 0.800. The third kappa shape index (κ3) is 4.40. The smallest absolute Gasteiger partial charge is 0.332 e. The fourth-order valence-electron chi connectivity index (χ4n) is 1.52. The van der Waals surface area contributed by atoms with Gasteiger partial charge in [-0.1, -0.05) is 6.42 Å². The van der Waals surface area contributed by atoms with Gasteiger partial charge >= 0.3 is 5.97 Å². The summed E-state index contributed by atoms with van der Waals surface area (Å²) in [5.41, 5.74) is 0. The number of nitrogens with one attached hydrogen (secondary N) is 1. The molecular formula is C10H17NO4S. The minimum Gasteiger partial charge on any atom is -0.479 e. The molecule has 0 radical (unpaired) electrons. The summed E-state index contributed by atoms with van der Waals surface area (Å²) in [6, 6.07) is 0. The Morgan fingerprint density at radius 2 is 2.19 bits per heavy atom. The molecule has 2 unspecified atom stereocenters. The lowest BCUT2D eigenvalue weighted by molar-refractivity contribution is -0.147. The van der Waals surface area contributed by atoms with E-state index in [4.69, 9.17) is 10.2 Å². The van der Waals surface area contributed by atoms with Crippen molar-refractivity contribution in [1.29, 1.82) is 0 Å². The second-order valence-electron chi connectivity index (χ2n) is 3.79. The van der Waals surface area contributed by atoms with Gasteiger partial charge in [0.2, 0.25) is 5.91 Å². The highest BCUT2D eigenvalue weighted by Crippen LogP contribution is 2.24. The summed E-state index contributed by atoms with van der Waals surface area (Å²) in [6.07, 6.45) is 1.78. The normalized spacial score (nSPS) is 22.4. The Hall–Kier alpha value is -0.750. The quantitative estimate of drug-likeness (QED) is 0.647. The Balaban J connectivity index is 2.16. The molecule has 0 aromatic heterocycles. The van der Waals surface area contributed by atoms with E-state index in [1.54, 1.807) is 11.8 Å². The Morgan fingerprint density at radius 3 is 2.75 bits per heavy atom. The molecule has 2 atom stereocenters. The van der Waals surface area contributed by atoms with Crippen molar-refractivity contribution in [3.63, 3.8) is 0 Å². The first-order valence-corrected chi connectivity index (χ1v) is 6.46. The molecule has 0 aromatic carbocycles. The number of hydrogen-bond acceptors (Lipinski definition) is 4. The number of carboxylic acids is 1. The molecule has 1 amide bonds. The van der Waals surface area contributed by atoms with Crippen molar-refractivity contribution < 1.29 is 19.8 Å². The zero-order valence-electron chi connectivity index (χ0n) is 9.02. The Bertz CT molecular complexity index is 253. The Morgan fingerprint density at radius 1 is 1.44 bits per heavy atom. The van der Waals surface area contributed by atoms with Gasteiger partial charge in [-0.2, -0.15) is 0 Å². The van der Waals surface area contributed by atoms with Crippen molar-refractivity contribution in [3.8, 4) is 0 Å². The lowest BCUT2D eigenvalue weighted by Crippen LogP contribution is -2.36. The minimum absolute atomic E-state index is 0.00396. The highest BCUT2D eigenvalue weighted by molar-refractivity contribution is 8.00. The molecule has 16 heavy (non-hydrogen) atoms. The predicted octanol–water partition coefficient (Wildman–Crippen LogP) is 0.224. The molecule has 1 aliphatic heterocycles. The number of aliphatic hydroxyl groups excluding tert-OH is 1. The molecule has 1 fully saturated rings. The first-order chi connectivity index (χ1) is 7.61. The van der Waals surface area contributed by atoms with Crippen LogP contribution in [0.4, 0.5) is 0 Å². The van der Waals surface area contributed by atoms with E-state index in [-0.39, 0.29) is 24.1 Å². The maximum Gasteiger partial charge on any atom is 0.332 e. The minimum atomic E-state index is -1.39. The topological polar surface area (TPSA) is 86.6 Å². The molecule has 0 spiro atoms. The lowest BCUT2D eigenvalue weighted by atomic mass is 10.2. The summed E-state index contributed by atoms with van der Waals surface area (Å²) in [6.45, 7) is 0.212. The van der Waals surface area contributed by atoms with Crippen LogP contribution >= 0.6 is 11.8 Å². The number of amides is 1. The van der Waals surface area contributed by atoms with Crippen LogP contribution in [0.1, 0.15) is 25.7 Å². The van der Waals surface area contributed by atoms with Crippen LogP contribution in [0.25, 0.3) is 0 Å². The second kappa shape index (κ2) is 6.75. The Kier molecular flexibility index (Phi) is 5.62. The van der Waals surface area contributed by atoms with Crippen molar-refractivity contribution in [3.05, 3.63) is 0 Å². The fourth-order valence-corrected chi connectivity index (χ4v) is 2.74. The van der Waals surface area contributed by atoms with Gasteiger partial charge in [-0.05, 0) is 18.6 Å². The van der Waals surface area contributed by atoms with Gasteiger partial charge in [0.15, 0.2) is 6.10 Å². The monoisotopic (exact) mass is 247 g/mol. The van der Waals surface area contributed by atoms with E-state index in [1.165, 1.54) is 0 Å². The zero-order valence-corrected chi connectivity index (χ0v) is 9.83. The van der Waals surface area contributed by atoms with Crippen LogP contribution in [0.3, 0.4) is 0 Å². The predicted molar refractivity (Wildman–Crippen MR) is 61.4 cm³/mol.